The van der Waals surface area contributed by atoms with Crippen molar-refractivity contribution in [2.24, 2.45) is 5.10 Å². The predicted molar refractivity (Wildman–Crippen MR) is 192 cm³/mol. The summed E-state index contributed by atoms with van der Waals surface area (Å²) in [7, 11) is 3.01. The van der Waals surface area contributed by atoms with Crippen LogP contribution in [0.5, 0.6) is 23.0 Å². The number of carbonyl (C=O) groups is 3. The number of ether oxygens (including phenoxy) is 5. The first-order valence-electron chi connectivity index (χ1n) is 15.3. The highest BCUT2D eigenvalue weighted by Crippen LogP contribution is 2.36. The summed E-state index contributed by atoms with van der Waals surface area (Å²) in [5.74, 6) is 0.657. The van der Waals surface area contributed by atoms with Crippen LogP contribution in [0.3, 0.4) is 0 Å². The van der Waals surface area contributed by atoms with Crippen LogP contribution < -0.4 is 35.0 Å². The monoisotopic (exact) mass is 778 g/mol. The maximum atomic E-state index is 12.7. The maximum absolute atomic E-state index is 12.7. The number of allylic oxidation sites excluding steroid dienone is 1. The predicted octanol–water partition coefficient (Wildman–Crippen LogP) is 5.76. The molecule has 3 amide bonds. The molecule has 49 heavy (non-hydrogen) atoms. The zero-order chi connectivity index (χ0) is 34.9. The van der Waals surface area contributed by atoms with Gasteiger partial charge in [-0.15, -0.1) is 0 Å². The smallest absolute Gasteiger partial charge is 0.338 e. The van der Waals surface area contributed by atoms with Crippen LogP contribution >= 0.6 is 22.6 Å². The van der Waals surface area contributed by atoms with Gasteiger partial charge in [-0.1, -0.05) is 48.5 Å². The van der Waals surface area contributed by atoms with Crippen molar-refractivity contribution >= 4 is 57.5 Å². The molecule has 0 radical (unpaired) electrons. The van der Waals surface area contributed by atoms with Crippen molar-refractivity contribution in [1.82, 2.24) is 16.1 Å². The highest BCUT2D eigenvalue weighted by Gasteiger charge is 2.32. The minimum atomic E-state index is -0.778. The lowest BCUT2D eigenvalue weighted by molar-refractivity contribution is -0.139. The van der Waals surface area contributed by atoms with Crippen LogP contribution in [-0.4, -0.2) is 51.6 Å². The number of hydrazone groups is 1. The van der Waals surface area contributed by atoms with E-state index in [1.54, 1.807) is 45.2 Å². The number of halogens is 1. The summed E-state index contributed by atoms with van der Waals surface area (Å²) in [6.07, 6.45) is 1.50. The maximum Gasteiger partial charge on any atom is 0.338 e. The average Bonchev–Trinajstić information content (AvgIpc) is 3.09. The summed E-state index contributed by atoms with van der Waals surface area (Å²) >= 11 is 2.18. The number of urea groups is 1. The van der Waals surface area contributed by atoms with Crippen molar-refractivity contribution in [2.45, 2.75) is 26.5 Å². The topological polar surface area (TPSA) is 146 Å². The van der Waals surface area contributed by atoms with Crippen molar-refractivity contribution in [3.8, 4) is 23.0 Å². The Hall–Kier alpha value is -5.31. The lowest BCUT2D eigenvalue weighted by atomic mass is 9.95. The number of hydrogen-bond acceptors (Lipinski definition) is 9. The molecule has 1 heterocycles. The minimum Gasteiger partial charge on any atom is -0.493 e. The van der Waals surface area contributed by atoms with E-state index >= 15 is 0 Å². The second-order valence-corrected chi connectivity index (χ2v) is 11.9. The van der Waals surface area contributed by atoms with Gasteiger partial charge in [-0.05, 0) is 88.2 Å². The molecule has 0 saturated carbocycles. The molecule has 4 aromatic rings. The molecule has 1 aliphatic heterocycles. The summed E-state index contributed by atoms with van der Waals surface area (Å²) in [6, 6.07) is 21.6. The van der Waals surface area contributed by atoms with Gasteiger partial charge in [0.15, 0.2) is 29.6 Å². The quantitative estimate of drug-likeness (QED) is 0.0673. The Bertz CT molecular complexity index is 1940. The fraction of sp³-hybridized carbons (Fsp3) is 0.222. The summed E-state index contributed by atoms with van der Waals surface area (Å²) in [6.45, 7) is 3.52. The first kappa shape index (κ1) is 35.0. The molecular formula is C36H35IN4O8. The van der Waals surface area contributed by atoms with E-state index in [0.29, 0.717) is 40.7 Å². The van der Waals surface area contributed by atoms with Gasteiger partial charge in [0.05, 0.1) is 42.2 Å². The Kier molecular flexibility index (Phi) is 11.6. The number of benzene rings is 4. The Morgan fingerprint density at radius 3 is 2.51 bits per heavy atom. The third-order valence-corrected chi connectivity index (χ3v) is 8.35. The number of esters is 1. The molecule has 13 heteroatoms. The molecule has 0 fully saturated rings. The number of nitrogens with one attached hydrogen (secondary N) is 3. The molecule has 0 aliphatic carbocycles. The SMILES string of the molecule is CCOC(=O)C1=C(C)NC(=O)N[C@H]1c1ccc(OCC(=O)N/N=C\c2cc(I)c(OCc3cccc4ccccc34)c(OC)c2)c(OC)c1. The van der Waals surface area contributed by atoms with Gasteiger partial charge in [0.1, 0.15) is 6.61 Å². The Labute approximate surface area is 296 Å². The second kappa shape index (κ2) is 16.2. The number of methoxy groups -OCH3 is 2. The summed E-state index contributed by atoms with van der Waals surface area (Å²) < 4.78 is 29.0. The van der Waals surface area contributed by atoms with E-state index in [1.807, 2.05) is 30.3 Å². The number of nitrogens with zero attached hydrogens (tertiary/aromatic N) is 1. The molecule has 0 aromatic heterocycles. The third-order valence-electron chi connectivity index (χ3n) is 7.55. The van der Waals surface area contributed by atoms with Gasteiger partial charge in [-0.25, -0.2) is 15.0 Å². The normalized spacial score (nSPS) is 14.2. The third kappa shape index (κ3) is 8.41. The molecule has 0 unspecified atom stereocenters. The van der Waals surface area contributed by atoms with Gasteiger partial charge in [-0.2, -0.15) is 5.10 Å². The standard InChI is InChI=1S/C36H35IN4O8/c1-5-47-35(43)32-21(2)39-36(44)40-33(32)24-13-14-28(29(17-24)45-3)48-20-31(42)41-38-18-22-15-27(37)34(30(16-22)46-4)49-19-25-11-8-10-23-9-6-7-12-26(23)25/h6-18,33H,5,19-20H2,1-4H3,(H,41,42)(H2,39,40,44)/b38-18-/t33-/m0/s1. The molecular weight excluding hydrogens is 743 g/mol. The molecule has 1 aliphatic rings. The molecule has 5 rings (SSSR count). The Balaban J connectivity index is 1.20. The molecule has 3 N–H and O–H groups in total. The second-order valence-electron chi connectivity index (χ2n) is 10.7. The van der Waals surface area contributed by atoms with Crippen LogP contribution in [0.25, 0.3) is 10.8 Å². The zero-order valence-corrected chi connectivity index (χ0v) is 29.5. The van der Waals surface area contributed by atoms with Gasteiger partial charge in [0, 0.05) is 5.70 Å². The van der Waals surface area contributed by atoms with Crippen LogP contribution in [0, 0.1) is 3.57 Å². The Morgan fingerprint density at radius 1 is 0.959 bits per heavy atom. The van der Waals surface area contributed by atoms with Gasteiger partial charge < -0.3 is 34.3 Å². The van der Waals surface area contributed by atoms with Crippen molar-refractivity contribution in [3.05, 3.63) is 104 Å². The molecule has 4 aromatic carbocycles. The number of amides is 3. The van der Waals surface area contributed by atoms with Gasteiger partial charge in [-0.3, -0.25) is 4.79 Å². The lowest BCUT2D eigenvalue weighted by Crippen LogP contribution is -2.45. The lowest BCUT2D eigenvalue weighted by Gasteiger charge is -2.28. The fourth-order valence-corrected chi connectivity index (χ4v) is 6.06. The zero-order valence-electron chi connectivity index (χ0n) is 27.3. The van der Waals surface area contributed by atoms with Gasteiger partial charge >= 0.3 is 12.0 Å². The van der Waals surface area contributed by atoms with E-state index in [1.165, 1.54) is 13.3 Å². The number of fused-ring (bicyclic) bond motifs is 1. The summed E-state index contributed by atoms with van der Waals surface area (Å²) in [5, 5.41) is 11.7. The van der Waals surface area contributed by atoms with Crippen LogP contribution in [0.2, 0.25) is 0 Å². The van der Waals surface area contributed by atoms with E-state index in [9.17, 15) is 14.4 Å². The van der Waals surface area contributed by atoms with E-state index < -0.39 is 23.9 Å². The largest absolute Gasteiger partial charge is 0.493 e. The first-order valence-corrected chi connectivity index (χ1v) is 16.3. The number of carbonyl (C=O) groups excluding carboxylic acids is 3. The average molecular weight is 779 g/mol. The van der Waals surface area contributed by atoms with Crippen molar-refractivity contribution < 1.29 is 38.1 Å². The summed E-state index contributed by atoms with van der Waals surface area (Å²) in [5.41, 5.74) is 5.42. The van der Waals surface area contributed by atoms with E-state index in [-0.39, 0.29) is 24.5 Å². The van der Waals surface area contributed by atoms with E-state index in [4.69, 9.17) is 23.7 Å². The minimum absolute atomic E-state index is 0.181. The van der Waals surface area contributed by atoms with Gasteiger partial charge in [0.2, 0.25) is 0 Å². The van der Waals surface area contributed by atoms with Crippen molar-refractivity contribution in [2.75, 3.05) is 27.4 Å². The van der Waals surface area contributed by atoms with E-state index in [0.717, 1.165) is 19.9 Å². The van der Waals surface area contributed by atoms with Crippen LogP contribution in [0.15, 0.2) is 89.2 Å². The highest BCUT2D eigenvalue weighted by atomic mass is 127. The fourth-order valence-electron chi connectivity index (χ4n) is 5.28. The van der Waals surface area contributed by atoms with Crippen molar-refractivity contribution in [3.63, 3.8) is 0 Å². The van der Waals surface area contributed by atoms with Crippen LogP contribution in [-0.2, 0) is 20.9 Å². The van der Waals surface area contributed by atoms with Crippen LogP contribution in [0.4, 0.5) is 4.79 Å². The summed E-state index contributed by atoms with van der Waals surface area (Å²) in [4.78, 5) is 37.4. The molecule has 1 atom stereocenters. The van der Waals surface area contributed by atoms with Crippen LogP contribution in [0.1, 0.15) is 36.6 Å². The van der Waals surface area contributed by atoms with E-state index in [2.05, 4.69) is 62.0 Å². The number of hydrogen-bond donors (Lipinski definition) is 3. The first-order chi connectivity index (χ1) is 23.7. The molecule has 254 valence electrons. The Morgan fingerprint density at radius 2 is 1.73 bits per heavy atom. The van der Waals surface area contributed by atoms with Gasteiger partial charge in [0.25, 0.3) is 5.91 Å². The highest BCUT2D eigenvalue weighted by molar-refractivity contribution is 14.1. The molecule has 12 nitrogen and oxygen atoms in total. The number of rotatable bonds is 13. The van der Waals surface area contributed by atoms with Crippen molar-refractivity contribution in [1.29, 1.82) is 0 Å². The molecule has 0 spiro atoms. The molecule has 0 bridgehead atoms. The molecule has 0 saturated heterocycles.